The Balaban J connectivity index is 2.30. The lowest BCUT2D eigenvalue weighted by molar-refractivity contribution is 0.808. The third-order valence-corrected chi connectivity index (χ3v) is 3.50. The van der Waals surface area contributed by atoms with E-state index < -0.39 is 0 Å². The lowest BCUT2D eigenvalue weighted by atomic mass is 10.2. The molecule has 1 N–H and O–H groups in total. The molecule has 2 aromatic rings. The van der Waals surface area contributed by atoms with Crippen LogP contribution in [-0.2, 0) is 13.0 Å². The average Bonchev–Trinajstić information content (AvgIpc) is 2.50. The molecule has 1 heterocycles. The van der Waals surface area contributed by atoms with Crippen molar-refractivity contribution in [1.29, 1.82) is 0 Å². The van der Waals surface area contributed by atoms with Gasteiger partial charge in [0.25, 0.3) is 0 Å². The van der Waals surface area contributed by atoms with Gasteiger partial charge in [0.2, 0.25) is 0 Å². The number of nitrogens with one attached hydrogen (secondary N) is 1. The Morgan fingerprint density at radius 3 is 2.48 bits per heavy atom. The minimum atomic E-state index is 0.841. The molecule has 0 aliphatic rings. The van der Waals surface area contributed by atoms with Gasteiger partial charge in [0.05, 0.1) is 0 Å². The number of aromatic nitrogens is 2. The number of rotatable bonds is 6. The summed E-state index contributed by atoms with van der Waals surface area (Å²) in [6, 6.07) is 10.4. The van der Waals surface area contributed by atoms with Crippen LogP contribution in [0.4, 0.5) is 11.6 Å². The molecule has 0 fully saturated rings. The molecular formula is C17H24N4. The van der Waals surface area contributed by atoms with Crippen LogP contribution in [0.1, 0.15) is 30.3 Å². The Hall–Kier alpha value is -2.10. The molecule has 21 heavy (non-hydrogen) atoms. The van der Waals surface area contributed by atoms with E-state index in [2.05, 4.69) is 60.4 Å². The molecule has 0 saturated carbocycles. The van der Waals surface area contributed by atoms with Gasteiger partial charge >= 0.3 is 0 Å². The number of hydrogen-bond donors (Lipinski definition) is 1. The maximum absolute atomic E-state index is 4.74. The van der Waals surface area contributed by atoms with Crippen molar-refractivity contribution in [2.75, 3.05) is 24.3 Å². The lowest BCUT2D eigenvalue weighted by Crippen LogP contribution is -2.20. The van der Waals surface area contributed by atoms with Crippen LogP contribution in [0.5, 0.6) is 0 Å². The first-order valence-electron chi connectivity index (χ1n) is 7.46. The van der Waals surface area contributed by atoms with Gasteiger partial charge in [-0.2, -0.15) is 0 Å². The summed E-state index contributed by atoms with van der Waals surface area (Å²) in [4.78, 5) is 11.5. The molecule has 0 radical (unpaired) electrons. The molecule has 0 spiro atoms. The van der Waals surface area contributed by atoms with Crippen molar-refractivity contribution in [1.82, 2.24) is 9.97 Å². The largest absolute Gasteiger partial charge is 0.373 e. The zero-order chi connectivity index (χ0) is 15.2. The first-order chi connectivity index (χ1) is 10.2. The molecule has 0 aliphatic heterocycles. The van der Waals surface area contributed by atoms with Crippen molar-refractivity contribution >= 4 is 11.6 Å². The van der Waals surface area contributed by atoms with Crippen molar-refractivity contribution in [3.63, 3.8) is 0 Å². The highest BCUT2D eigenvalue weighted by Crippen LogP contribution is 2.24. The summed E-state index contributed by atoms with van der Waals surface area (Å²) in [5, 5.41) is 3.18. The predicted octanol–water partition coefficient (Wildman–Crippen LogP) is 3.42. The van der Waals surface area contributed by atoms with E-state index in [0.29, 0.717) is 0 Å². The second-order valence-electron chi connectivity index (χ2n) is 5.28. The molecule has 0 unspecified atom stereocenters. The first kappa shape index (κ1) is 15.3. The van der Waals surface area contributed by atoms with Crippen LogP contribution in [0, 0.1) is 6.92 Å². The maximum atomic E-state index is 4.74. The van der Waals surface area contributed by atoms with Gasteiger partial charge in [0.15, 0.2) is 0 Å². The zero-order valence-corrected chi connectivity index (χ0v) is 13.3. The molecule has 112 valence electrons. The zero-order valence-electron chi connectivity index (χ0n) is 13.3. The fourth-order valence-corrected chi connectivity index (χ4v) is 2.43. The molecule has 0 saturated heterocycles. The molecule has 4 nitrogen and oxygen atoms in total. The van der Waals surface area contributed by atoms with Crippen molar-refractivity contribution in [2.45, 2.75) is 33.2 Å². The fourth-order valence-electron chi connectivity index (χ4n) is 2.43. The van der Waals surface area contributed by atoms with Crippen molar-refractivity contribution in [3.05, 3.63) is 47.3 Å². The first-order valence-corrected chi connectivity index (χ1v) is 7.46. The monoisotopic (exact) mass is 284 g/mol. The third kappa shape index (κ3) is 3.72. The van der Waals surface area contributed by atoms with Crippen LogP contribution in [0.15, 0.2) is 30.3 Å². The second kappa shape index (κ2) is 7.07. The van der Waals surface area contributed by atoms with E-state index in [-0.39, 0.29) is 0 Å². The SMILES string of the molecule is CCCc1nc(NC)c(C)c(N(C)Cc2ccccc2)n1. The summed E-state index contributed by atoms with van der Waals surface area (Å²) in [6.45, 7) is 5.06. The molecular weight excluding hydrogens is 260 g/mol. The Labute approximate surface area is 127 Å². The number of hydrogen-bond acceptors (Lipinski definition) is 4. The summed E-state index contributed by atoms with van der Waals surface area (Å²) < 4.78 is 0. The van der Waals surface area contributed by atoms with E-state index in [9.17, 15) is 0 Å². The van der Waals surface area contributed by atoms with Crippen LogP contribution in [0.3, 0.4) is 0 Å². The number of benzene rings is 1. The molecule has 2 rings (SSSR count). The van der Waals surface area contributed by atoms with Gasteiger partial charge in [-0.15, -0.1) is 0 Å². The Kier molecular flexibility index (Phi) is 5.14. The fraction of sp³-hybridized carbons (Fsp3) is 0.412. The molecule has 0 aliphatic carbocycles. The Morgan fingerprint density at radius 2 is 1.86 bits per heavy atom. The van der Waals surface area contributed by atoms with E-state index in [0.717, 1.165) is 42.4 Å². The number of anilines is 2. The molecule has 0 bridgehead atoms. The van der Waals surface area contributed by atoms with Gasteiger partial charge in [-0.05, 0) is 18.9 Å². The van der Waals surface area contributed by atoms with Crippen LogP contribution in [-0.4, -0.2) is 24.1 Å². The summed E-state index contributed by atoms with van der Waals surface area (Å²) in [5.74, 6) is 2.83. The van der Waals surface area contributed by atoms with Crippen molar-refractivity contribution in [3.8, 4) is 0 Å². The molecule has 4 heteroatoms. The highest BCUT2D eigenvalue weighted by atomic mass is 15.2. The lowest BCUT2D eigenvalue weighted by Gasteiger charge is -2.22. The number of aryl methyl sites for hydroxylation is 1. The third-order valence-electron chi connectivity index (χ3n) is 3.50. The summed E-state index contributed by atoms with van der Waals surface area (Å²) in [5.41, 5.74) is 2.37. The molecule has 1 aromatic carbocycles. The van der Waals surface area contributed by atoms with Gasteiger partial charge in [0, 0.05) is 32.6 Å². The van der Waals surface area contributed by atoms with E-state index in [1.165, 1.54) is 5.56 Å². The molecule has 0 atom stereocenters. The minimum Gasteiger partial charge on any atom is -0.373 e. The highest BCUT2D eigenvalue weighted by Gasteiger charge is 2.13. The van der Waals surface area contributed by atoms with Gasteiger partial charge < -0.3 is 10.2 Å². The topological polar surface area (TPSA) is 41.1 Å². The summed E-state index contributed by atoms with van der Waals surface area (Å²) >= 11 is 0. The maximum Gasteiger partial charge on any atom is 0.137 e. The number of nitrogens with zero attached hydrogens (tertiary/aromatic N) is 3. The van der Waals surface area contributed by atoms with Crippen molar-refractivity contribution in [2.24, 2.45) is 0 Å². The summed E-state index contributed by atoms with van der Waals surface area (Å²) in [6.07, 6.45) is 1.95. The second-order valence-corrected chi connectivity index (χ2v) is 5.28. The van der Waals surface area contributed by atoms with E-state index >= 15 is 0 Å². The van der Waals surface area contributed by atoms with Crippen LogP contribution < -0.4 is 10.2 Å². The van der Waals surface area contributed by atoms with E-state index in [4.69, 9.17) is 4.98 Å². The smallest absolute Gasteiger partial charge is 0.137 e. The highest BCUT2D eigenvalue weighted by molar-refractivity contribution is 5.58. The Bertz CT molecular complexity index is 581. The quantitative estimate of drug-likeness (QED) is 0.882. The average molecular weight is 284 g/mol. The van der Waals surface area contributed by atoms with Crippen molar-refractivity contribution < 1.29 is 0 Å². The normalized spacial score (nSPS) is 10.5. The van der Waals surface area contributed by atoms with Crippen LogP contribution >= 0.6 is 0 Å². The molecule has 0 amide bonds. The predicted molar refractivity (Wildman–Crippen MR) is 88.9 cm³/mol. The van der Waals surface area contributed by atoms with Crippen LogP contribution in [0.2, 0.25) is 0 Å². The standard InChI is InChI=1S/C17H24N4/c1-5-9-15-19-16(18-3)13(2)17(20-15)21(4)12-14-10-7-6-8-11-14/h6-8,10-11H,5,9,12H2,1-4H3,(H,18,19,20). The minimum absolute atomic E-state index is 0.841. The Morgan fingerprint density at radius 1 is 1.14 bits per heavy atom. The van der Waals surface area contributed by atoms with Gasteiger partial charge in [-0.3, -0.25) is 0 Å². The van der Waals surface area contributed by atoms with E-state index in [1.807, 2.05) is 13.1 Å². The van der Waals surface area contributed by atoms with Gasteiger partial charge in [0.1, 0.15) is 17.5 Å². The van der Waals surface area contributed by atoms with E-state index in [1.54, 1.807) is 0 Å². The van der Waals surface area contributed by atoms with Crippen LogP contribution in [0.25, 0.3) is 0 Å². The summed E-state index contributed by atoms with van der Waals surface area (Å²) in [7, 11) is 3.99. The van der Waals surface area contributed by atoms with Gasteiger partial charge in [-0.25, -0.2) is 9.97 Å². The van der Waals surface area contributed by atoms with Gasteiger partial charge in [-0.1, -0.05) is 37.3 Å². The molecule has 1 aromatic heterocycles.